The molecule has 120 valence electrons. The van der Waals surface area contributed by atoms with Gasteiger partial charge in [-0.15, -0.1) is 0 Å². The summed E-state index contributed by atoms with van der Waals surface area (Å²) in [5.41, 5.74) is 1.92. The summed E-state index contributed by atoms with van der Waals surface area (Å²) >= 11 is 0. The van der Waals surface area contributed by atoms with Crippen LogP contribution in [0.5, 0.6) is 5.75 Å². The van der Waals surface area contributed by atoms with E-state index in [1.54, 1.807) is 4.57 Å². The van der Waals surface area contributed by atoms with Crippen LogP contribution in [0.2, 0.25) is 0 Å². The van der Waals surface area contributed by atoms with Gasteiger partial charge in [0, 0.05) is 23.4 Å². The molecule has 3 rings (SSSR count). The van der Waals surface area contributed by atoms with E-state index in [4.69, 9.17) is 0 Å². The second-order valence-electron chi connectivity index (χ2n) is 6.01. The quantitative estimate of drug-likeness (QED) is 0.880. The highest BCUT2D eigenvalue weighted by Gasteiger charge is 2.27. The van der Waals surface area contributed by atoms with E-state index in [0.29, 0.717) is 12.8 Å². The molecule has 1 N–H and O–H groups in total. The van der Waals surface area contributed by atoms with Crippen molar-refractivity contribution in [1.29, 1.82) is 0 Å². The van der Waals surface area contributed by atoms with Crippen LogP contribution in [0.3, 0.4) is 0 Å². The highest BCUT2D eigenvalue weighted by Crippen LogP contribution is 2.32. The number of pyridine rings is 1. The first-order valence-electron chi connectivity index (χ1n) is 8.23. The monoisotopic (exact) mass is 311 g/mol. The maximum absolute atomic E-state index is 13.0. The molecule has 0 amide bonds. The van der Waals surface area contributed by atoms with E-state index in [1.807, 2.05) is 37.3 Å². The van der Waals surface area contributed by atoms with Crippen LogP contribution >= 0.6 is 0 Å². The number of nitrogens with zero attached hydrogens (tertiary/aromatic N) is 1. The molecule has 0 radical (unpaired) electrons. The molecule has 1 aliphatic rings. The third kappa shape index (κ3) is 2.69. The number of carbonyl (C=O) groups is 1. The fourth-order valence-corrected chi connectivity index (χ4v) is 3.33. The van der Waals surface area contributed by atoms with Gasteiger partial charge in [0.25, 0.3) is 5.56 Å². The number of carbonyl (C=O) groups excluding carboxylic acids is 1. The fourth-order valence-electron chi connectivity index (χ4n) is 3.33. The van der Waals surface area contributed by atoms with Gasteiger partial charge in [-0.2, -0.15) is 0 Å². The molecule has 0 atom stereocenters. The first-order chi connectivity index (χ1) is 11.1. The van der Waals surface area contributed by atoms with Crippen molar-refractivity contribution in [2.75, 3.05) is 0 Å². The van der Waals surface area contributed by atoms with Gasteiger partial charge < -0.3 is 5.11 Å². The maximum Gasteiger partial charge on any atom is 0.269 e. The van der Waals surface area contributed by atoms with Gasteiger partial charge in [-0.1, -0.05) is 25.1 Å². The SMILES string of the molecule is CCCC(=O)c1c(O)c2c(n(-c3ccccc3)c1=O)CCCC2. The molecule has 0 saturated heterocycles. The number of hydrogen-bond acceptors (Lipinski definition) is 3. The Labute approximate surface area is 135 Å². The highest BCUT2D eigenvalue weighted by atomic mass is 16.3. The number of aromatic nitrogens is 1. The summed E-state index contributed by atoms with van der Waals surface area (Å²) in [6, 6.07) is 9.36. The molecule has 0 bridgehead atoms. The molecular formula is C19H21NO3. The summed E-state index contributed by atoms with van der Waals surface area (Å²) < 4.78 is 1.62. The lowest BCUT2D eigenvalue weighted by Gasteiger charge is -2.23. The third-order valence-corrected chi connectivity index (χ3v) is 4.42. The van der Waals surface area contributed by atoms with Crippen LogP contribution < -0.4 is 5.56 Å². The van der Waals surface area contributed by atoms with E-state index in [2.05, 4.69) is 0 Å². The summed E-state index contributed by atoms with van der Waals surface area (Å²) in [7, 11) is 0. The molecule has 4 nitrogen and oxygen atoms in total. The maximum atomic E-state index is 13.0. The Morgan fingerprint density at radius 1 is 1.17 bits per heavy atom. The summed E-state index contributed by atoms with van der Waals surface area (Å²) in [4.78, 5) is 25.3. The second kappa shape index (κ2) is 6.41. The van der Waals surface area contributed by atoms with Gasteiger partial charge in [0.2, 0.25) is 0 Å². The van der Waals surface area contributed by atoms with E-state index in [9.17, 15) is 14.7 Å². The standard InChI is InChI=1S/C19H21NO3/c1-2-8-16(21)17-18(22)14-11-6-7-12-15(14)20(19(17)23)13-9-4-3-5-10-13/h3-5,9-10,22H,2,6-8,11-12H2,1H3. The number of ketones is 1. The van der Waals surface area contributed by atoms with Crippen LogP contribution in [-0.2, 0) is 12.8 Å². The number of rotatable bonds is 4. The predicted molar refractivity (Wildman–Crippen MR) is 89.6 cm³/mol. The molecule has 0 fully saturated rings. The van der Waals surface area contributed by atoms with Crippen molar-refractivity contribution in [3.63, 3.8) is 0 Å². The molecule has 4 heteroatoms. The van der Waals surface area contributed by atoms with Crippen LogP contribution in [0.4, 0.5) is 0 Å². The molecule has 0 aliphatic heterocycles. The molecule has 23 heavy (non-hydrogen) atoms. The summed E-state index contributed by atoms with van der Waals surface area (Å²) in [6.45, 7) is 1.89. The minimum atomic E-state index is -0.396. The lowest BCUT2D eigenvalue weighted by atomic mass is 9.91. The van der Waals surface area contributed by atoms with Gasteiger partial charge in [0.05, 0.1) is 0 Å². The van der Waals surface area contributed by atoms with E-state index in [0.717, 1.165) is 36.2 Å². The number of Topliss-reactive ketones (excluding diaryl/α,β-unsaturated/α-hetero) is 1. The molecule has 0 saturated carbocycles. The van der Waals surface area contributed by atoms with Crippen molar-refractivity contribution in [2.24, 2.45) is 0 Å². The van der Waals surface area contributed by atoms with Crippen LogP contribution in [-0.4, -0.2) is 15.5 Å². The Hall–Kier alpha value is -2.36. The minimum absolute atomic E-state index is 0.0450. The topological polar surface area (TPSA) is 59.3 Å². The summed E-state index contributed by atoms with van der Waals surface area (Å²) in [5, 5.41) is 10.5. The molecule has 1 aromatic heterocycles. The van der Waals surface area contributed by atoms with Gasteiger partial charge in [-0.3, -0.25) is 14.2 Å². The predicted octanol–water partition coefficient (Wildman–Crippen LogP) is 3.40. The van der Waals surface area contributed by atoms with Crippen LogP contribution in [0, 0.1) is 0 Å². The Kier molecular flexibility index (Phi) is 4.33. The van der Waals surface area contributed by atoms with Crippen molar-refractivity contribution in [1.82, 2.24) is 4.57 Å². The number of para-hydroxylation sites is 1. The number of hydrogen-bond donors (Lipinski definition) is 1. The smallest absolute Gasteiger partial charge is 0.269 e. The number of aromatic hydroxyl groups is 1. The molecule has 1 heterocycles. The van der Waals surface area contributed by atoms with Crippen molar-refractivity contribution in [3.8, 4) is 11.4 Å². The Morgan fingerprint density at radius 3 is 2.57 bits per heavy atom. The number of benzene rings is 1. The highest BCUT2D eigenvalue weighted by molar-refractivity contribution is 5.98. The third-order valence-electron chi connectivity index (χ3n) is 4.42. The van der Waals surface area contributed by atoms with Crippen molar-refractivity contribution in [3.05, 3.63) is 57.5 Å². The van der Waals surface area contributed by atoms with Gasteiger partial charge in [-0.05, 0) is 44.2 Å². The molecule has 2 aromatic rings. The van der Waals surface area contributed by atoms with Gasteiger partial charge in [0.15, 0.2) is 5.78 Å². The minimum Gasteiger partial charge on any atom is -0.507 e. The summed E-state index contributed by atoms with van der Waals surface area (Å²) in [6.07, 6.45) is 4.34. The molecule has 0 spiro atoms. The zero-order chi connectivity index (χ0) is 16.4. The average molecular weight is 311 g/mol. The second-order valence-corrected chi connectivity index (χ2v) is 6.01. The van der Waals surface area contributed by atoms with Gasteiger partial charge >= 0.3 is 0 Å². The molecule has 1 aromatic carbocycles. The van der Waals surface area contributed by atoms with Gasteiger partial charge in [0.1, 0.15) is 11.3 Å². The van der Waals surface area contributed by atoms with Crippen LogP contribution in [0.15, 0.2) is 35.1 Å². The first-order valence-corrected chi connectivity index (χ1v) is 8.23. The van der Waals surface area contributed by atoms with Gasteiger partial charge in [-0.25, -0.2) is 0 Å². The van der Waals surface area contributed by atoms with Crippen molar-refractivity contribution in [2.45, 2.75) is 45.4 Å². The average Bonchev–Trinajstić information content (AvgIpc) is 2.56. The lowest BCUT2D eigenvalue weighted by Crippen LogP contribution is -2.30. The van der Waals surface area contributed by atoms with Crippen LogP contribution in [0.1, 0.15) is 54.2 Å². The summed E-state index contributed by atoms with van der Waals surface area (Å²) in [5.74, 6) is -0.358. The van der Waals surface area contributed by atoms with E-state index in [1.165, 1.54) is 0 Å². The number of fused-ring (bicyclic) bond motifs is 1. The van der Waals surface area contributed by atoms with E-state index < -0.39 is 5.56 Å². The van der Waals surface area contributed by atoms with Crippen LogP contribution in [0.25, 0.3) is 5.69 Å². The first kappa shape index (κ1) is 15.5. The molecular weight excluding hydrogens is 290 g/mol. The lowest BCUT2D eigenvalue weighted by molar-refractivity contribution is 0.0977. The Balaban J connectivity index is 2.32. The van der Waals surface area contributed by atoms with Crippen molar-refractivity contribution < 1.29 is 9.90 Å². The largest absolute Gasteiger partial charge is 0.507 e. The Bertz CT molecular complexity index is 790. The molecule has 1 aliphatic carbocycles. The molecule has 0 unspecified atom stereocenters. The van der Waals surface area contributed by atoms with E-state index >= 15 is 0 Å². The Morgan fingerprint density at radius 2 is 1.87 bits per heavy atom. The fraction of sp³-hybridized carbons (Fsp3) is 0.368. The zero-order valence-electron chi connectivity index (χ0n) is 13.3. The van der Waals surface area contributed by atoms with E-state index in [-0.39, 0.29) is 23.5 Å². The van der Waals surface area contributed by atoms with Crippen molar-refractivity contribution >= 4 is 5.78 Å². The normalized spacial score (nSPS) is 13.6. The zero-order valence-corrected chi connectivity index (χ0v) is 13.3.